The zero-order valence-electron chi connectivity index (χ0n) is 14.0. The van der Waals surface area contributed by atoms with Crippen LogP contribution in [0, 0.1) is 11.7 Å². The van der Waals surface area contributed by atoms with E-state index in [1.54, 1.807) is 0 Å². The van der Waals surface area contributed by atoms with E-state index < -0.39 is 11.7 Å². The first-order valence-electron chi connectivity index (χ1n) is 7.58. The van der Waals surface area contributed by atoms with Crippen LogP contribution in [0.25, 0.3) is 0 Å². The van der Waals surface area contributed by atoms with E-state index in [0.29, 0.717) is 29.0 Å². The van der Waals surface area contributed by atoms with E-state index in [-0.39, 0.29) is 16.3 Å². The van der Waals surface area contributed by atoms with E-state index in [4.69, 9.17) is 32.7 Å². The van der Waals surface area contributed by atoms with Crippen LogP contribution in [0.5, 0.6) is 11.5 Å². The van der Waals surface area contributed by atoms with Crippen molar-refractivity contribution in [3.05, 3.63) is 51.8 Å². The van der Waals surface area contributed by atoms with Crippen LogP contribution in [-0.2, 0) is 0 Å². The van der Waals surface area contributed by atoms with Crippen molar-refractivity contribution >= 4 is 34.8 Å². The Morgan fingerprint density at radius 1 is 1.24 bits per heavy atom. The number of hydrogen-bond donors (Lipinski definition) is 1. The van der Waals surface area contributed by atoms with Crippen molar-refractivity contribution < 1.29 is 18.7 Å². The van der Waals surface area contributed by atoms with Gasteiger partial charge in [-0.25, -0.2) is 4.39 Å². The molecule has 0 aliphatic rings. The first kappa shape index (κ1) is 19.3. The average molecular weight is 386 g/mol. The molecule has 0 atom stereocenters. The minimum Gasteiger partial charge on any atom is -0.493 e. The van der Waals surface area contributed by atoms with Gasteiger partial charge in [-0.2, -0.15) is 0 Å². The Labute approximate surface area is 155 Å². The van der Waals surface area contributed by atoms with E-state index in [1.807, 2.05) is 13.8 Å². The molecule has 1 amide bonds. The summed E-state index contributed by atoms with van der Waals surface area (Å²) in [5.74, 6) is -0.146. The number of ether oxygens (including phenoxy) is 2. The predicted molar refractivity (Wildman–Crippen MR) is 97.7 cm³/mol. The van der Waals surface area contributed by atoms with Gasteiger partial charge in [-0.3, -0.25) is 4.79 Å². The Morgan fingerprint density at radius 3 is 2.60 bits per heavy atom. The van der Waals surface area contributed by atoms with E-state index >= 15 is 0 Å². The van der Waals surface area contributed by atoms with Crippen molar-refractivity contribution in [3.8, 4) is 11.5 Å². The van der Waals surface area contributed by atoms with Gasteiger partial charge >= 0.3 is 0 Å². The first-order chi connectivity index (χ1) is 11.8. The van der Waals surface area contributed by atoms with Gasteiger partial charge < -0.3 is 14.8 Å². The minimum atomic E-state index is -0.590. The van der Waals surface area contributed by atoms with E-state index in [9.17, 15) is 9.18 Å². The molecule has 4 nitrogen and oxygen atoms in total. The van der Waals surface area contributed by atoms with E-state index in [2.05, 4.69) is 5.32 Å². The van der Waals surface area contributed by atoms with E-state index in [1.165, 1.54) is 37.4 Å². The van der Waals surface area contributed by atoms with Gasteiger partial charge in [-0.1, -0.05) is 37.0 Å². The number of carbonyl (C=O) groups is 1. The molecule has 0 heterocycles. The number of methoxy groups -OCH3 is 1. The molecular weight excluding hydrogens is 368 g/mol. The third kappa shape index (κ3) is 5.00. The highest BCUT2D eigenvalue weighted by Crippen LogP contribution is 2.37. The molecule has 0 fully saturated rings. The van der Waals surface area contributed by atoms with Crippen LogP contribution in [-0.4, -0.2) is 19.6 Å². The van der Waals surface area contributed by atoms with Gasteiger partial charge in [0.1, 0.15) is 5.82 Å². The molecule has 0 saturated carbocycles. The summed E-state index contributed by atoms with van der Waals surface area (Å²) in [6, 6.07) is 6.83. The number of amides is 1. The largest absolute Gasteiger partial charge is 0.493 e. The molecule has 25 heavy (non-hydrogen) atoms. The molecule has 0 aliphatic carbocycles. The summed E-state index contributed by atoms with van der Waals surface area (Å²) < 4.78 is 24.7. The Hall–Kier alpha value is -1.98. The second kappa shape index (κ2) is 8.41. The van der Waals surface area contributed by atoms with Crippen molar-refractivity contribution in [1.29, 1.82) is 0 Å². The zero-order valence-corrected chi connectivity index (χ0v) is 15.5. The molecule has 0 aliphatic heterocycles. The highest BCUT2D eigenvalue weighted by atomic mass is 35.5. The molecule has 134 valence electrons. The smallest absolute Gasteiger partial charge is 0.255 e. The van der Waals surface area contributed by atoms with Gasteiger partial charge in [0.15, 0.2) is 11.5 Å². The number of nitrogens with one attached hydrogen (secondary N) is 1. The second-order valence-electron chi connectivity index (χ2n) is 5.77. The third-order valence-corrected chi connectivity index (χ3v) is 3.75. The van der Waals surface area contributed by atoms with Gasteiger partial charge in [0, 0.05) is 10.6 Å². The van der Waals surface area contributed by atoms with Gasteiger partial charge in [-0.15, -0.1) is 0 Å². The van der Waals surface area contributed by atoms with Gasteiger partial charge in [0.05, 0.1) is 24.4 Å². The third-order valence-electron chi connectivity index (χ3n) is 3.23. The van der Waals surface area contributed by atoms with Crippen LogP contribution < -0.4 is 14.8 Å². The summed E-state index contributed by atoms with van der Waals surface area (Å²) in [5, 5.41) is 3.01. The highest BCUT2D eigenvalue weighted by molar-refractivity contribution is 6.33. The zero-order chi connectivity index (χ0) is 18.6. The number of hydrogen-bond acceptors (Lipinski definition) is 3. The second-order valence-corrected chi connectivity index (χ2v) is 6.62. The van der Waals surface area contributed by atoms with Gasteiger partial charge in [0.2, 0.25) is 0 Å². The van der Waals surface area contributed by atoms with Crippen LogP contribution in [0.2, 0.25) is 10.0 Å². The molecule has 0 saturated heterocycles. The molecule has 0 spiro atoms. The summed E-state index contributed by atoms with van der Waals surface area (Å²) >= 11 is 12.0. The molecule has 0 radical (unpaired) electrons. The lowest BCUT2D eigenvalue weighted by Crippen LogP contribution is -2.14. The number of carbonyl (C=O) groups excluding carboxylic acids is 1. The summed E-state index contributed by atoms with van der Waals surface area (Å²) in [5.41, 5.74) is 0.186. The standard InChI is InChI=1S/C18H18Cl2FNO3/c1-10(2)9-25-17-13(20)6-11(7-16(17)24-3)18(23)22-15-8-12(19)4-5-14(15)21/h4-8,10H,9H2,1-3H3,(H,22,23). The normalized spacial score (nSPS) is 10.7. The SMILES string of the molecule is COc1cc(C(=O)Nc2cc(Cl)ccc2F)cc(Cl)c1OCC(C)C. The van der Waals surface area contributed by atoms with Crippen LogP contribution in [0.3, 0.4) is 0 Å². The summed E-state index contributed by atoms with van der Waals surface area (Å²) in [6.07, 6.45) is 0. The maximum absolute atomic E-state index is 13.8. The van der Waals surface area contributed by atoms with Crippen molar-refractivity contribution in [2.75, 3.05) is 19.0 Å². The number of halogens is 3. The molecule has 7 heteroatoms. The van der Waals surface area contributed by atoms with Crippen LogP contribution >= 0.6 is 23.2 Å². The number of benzene rings is 2. The fourth-order valence-corrected chi connectivity index (χ4v) is 2.47. The van der Waals surface area contributed by atoms with E-state index in [0.717, 1.165) is 0 Å². The Balaban J connectivity index is 2.28. The minimum absolute atomic E-state index is 0.0206. The van der Waals surface area contributed by atoms with Crippen molar-refractivity contribution in [2.45, 2.75) is 13.8 Å². The fourth-order valence-electron chi connectivity index (χ4n) is 2.03. The Kier molecular flexibility index (Phi) is 6.51. The monoisotopic (exact) mass is 385 g/mol. The quantitative estimate of drug-likeness (QED) is 0.720. The van der Waals surface area contributed by atoms with Gasteiger partial charge in [0.25, 0.3) is 5.91 Å². The molecule has 2 aromatic rings. The molecule has 0 unspecified atom stereocenters. The topological polar surface area (TPSA) is 47.6 Å². The summed E-state index contributed by atoms with van der Waals surface area (Å²) in [4.78, 5) is 12.4. The highest BCUT2D eigenvalue weighted by Gasteiger charge is 2.17. The average Bonchev–Trinajstić information content (AvgIpc) is 2.56. The Morgan fingerprint density at radius 2 is 1.96 bits per heavy atom. The van der Waals surface area contributed by atoms with Gasteiger partial charge in [-0.05, 0) is 36.2 Å². The maximum atomic E-state index is 13.8. The molecule has 0 bridgehead atoms. The molecular formula is C18H18Cl2FNO3. The van der Waals surface area contributed by atoms with Crippen LogP contribution in [0.4, 0.5) is 10.1 Å². The number of anilines is 1. The fraction of sp³-hybridized carbons (Fsp3) is 0.278. The lowest BCUT2D eigenvalue weighted by molar-refractivity contribution is 0.102. The molecule has 2 rings (SSSR count). The molecule has 2 aromatic carbocycles. The Bertz CT molecular complexity index is 781. The predicted octanol–water partition coefficient (Wildman–Crippen LogP) is 5.43. The lowest BCUT2D eigenvalue weighted by atomic mass is 10.1. The van der Waals surface area contributed by atoms with Crippen LogP contribution in [0.1, 0.15) is 24.2 Å². The summed E-state index contributed by atoms with van der Waals surface area (Å²) in [7, 11) is 1.45. The summed E-state index contributed by atoms with van der Waals surface area (Å²) in [6.45, 7) is 4.46. The van der Waals surface area contributed by atoms with Crippen molar-refractivity contribution in [2.24, 2.45) is 5.92 Å². The van der Waals surface area contributed by atoms with Crippen molar-refractivity contribution in [3.63, 3.8) is 0 Å². The number of rotatable bonds is 6. The molecule has 0 aromatic heterocycles. The van der Waals surface area contributed by atoms with Crippen molar-refractivity contribution in [1.82, 2.24) is 0 Å². The first-order valence-corrected chi connectivity index (χ1v) is 8.34. The molecule has 1 N–H and O–H groups in total. The van der Waals surface area contributed by atoms with Crippen LogP contribution in [0.15, 0.2) is 30.3 Å². The maximum Gasteiger partial charge on any atom is 0.255 e. The lowest BCUT2D eigenvalue weighted by Gasteiger charge is -2.15.